The highest BCUT2D eigenvalue weighted by Crippen LogP contribution is 2.29. The third-order valence-corrected chi connectivity index (χ3v) is 6.03. The summed E-state index contributed by atoms with van der Waals surface area (Å²) in [7, 11) is 1.64. The van der Waals surface area contributed by atoms with E-state index in [0.29, 0.717) is 5.56 Å². The lowest BCUT2D eigenvalue weighted by Gasteiger charge is -2.41. The molecule has 1 heterocycles. The van der Waals surface area contributed by atoms with Gasteiger partial charge in [-0.1, -0.05) is 38.0 Å². The minimum atomic E-state index is 0.697. The molecule has 0 bridgehead atoms. The maximum atomic E-state index is 10.5. The number of carbonyl (C=O) groups excluding carboxylic acids is 1. The molecule has 0 amide bonds. The minimum Gasteiger partial charge on any atom is -0.497 e. The Bertz CT molecular complexity index is 715. The molecule has 26 heavy (non-hydrogen) atoms. The van der Waals surface area contributed by atoms with Crippen LogP contribution in [0, 0.1) is 5.92 Å². The maximum absolute atomic E-state index is 10.5. The average molecular weight is 354 g/mol. The highest BCUT2D eigenvalue weighted by atomic mass is 16.5. The molecule has 2 fully saturated rings. The highest BCUT2D eigenvalue weighted by Gasteiger charge is 2.27. The summed E-state index contributed by atoms with van der Waals surface area (Å²) in [6.45, 7) is 5.12. The van der Waals surface area contributed by atoms with Gasteiger partial charge in [0.1, 0.15) is 12.0 Å². The standard InChI is InChI=1S/C12H10O2.C11H21N/c1-14-12-5-4-10-6-9(8-13)2-3-11(10)7-12;1-2-10-6-8-12(9-7-10)11-4-3-5-11/h2-8H,1H3;10-11H,2-9H2,1H3. The van der Waals surface area contributed by atoms with Crippen molar-refractivity contribution in [3.63, 3.8) is 0 Å². The van der Waals surface area contributed by atoms with E-state index in [1.165, 1.54) is 51.6 Å². The monoisotopic (exact) mass is 353 g/mol. The number of ether oxygens (including phenoxy) is 1. The van der Waals surface area contributed by atoms with Crippen molar-refractivity contribution in [2.24, 2.45) is 5.92 Å². The molecule has 2 aromatic rings. The van der Waals surface area contributed by atoms with Gasteiger partial charge in [-0.15, -0.1) is 0 Å². The van der Waals surface area contributed by atoms with Crippen molar-refractivity contribution in [3.05, 3.63) is 42.0 Å². The molecule has 1 saturated carbocycles. The molecular weight excluding hydrogens is 322 g/mol. The van der Waals surface area contributed by atoms with Crippen LogP contribution in [0.3, 0.4) is 0 Å². The first-order valence-electron chi connectivity index (χ1n) is 10.0. The molecule has 1 saturated heterocycles. The van der Waals surface area contributed by atoms with Crippen molar-refractivity contribution >= 4 is 17.1 Å². The molecule has 0 spiro atoms. The number of fused-ring (bicyclic) bond motifs is 1. The Morgan fingerprint density at radius 2 is 1.73 bits per heavy atom. The Morgan fingerprint density at radius 3 is 2.31 bits per heavy atom. The molecule has 0 N–H and O–H groups in total. The zero-order valence-corrected chi connectivity index (χ0v) is 16.1. The van der Waals surface area contributed by atoms with Gasteiger partial charge in [0.05, 0.1) is 7.11 Å². The quantitative estimate of drug-likeness (QED) is 0.697. The maximum Gasteiger partial charge on any atom is 0.150 e. The van der Waals surface area contributed by atoms with Crippen molar-refractivity contribution in [1.29, 1.82) is 0 Å². The van der Waals surface area contributed by atoms with Crippen molar-refractivity contribution < 1.29 is 9.53 Å². The van der Waals surface area contributed by atoms with Crippen LogP contribution in [0.15, 0.2) is 36.4 Å². The second kappa shape index (κ2) is 9.18. The molecule has 140 valence electrons. The van der Waals surface area contributed by atoms with Crippen LogP contribution >= 0.6 is 0 Å². The van der Waals surface area contributed by atoms with Gasteiger partial charge in [0.25, 0.3) is 0 Å². The largest absolute Gasteiger partial charge is 0.497 e. The summed E-state index contributed by atoms with van der Waals surface area (Å²) < 4.78 is 5.11. The van der Waals surface area contributed by atoms with Gasteiger partial charge in [0.15, 0.2) is 0 Å². The van der Waals surface area contributed by atoms with Gasteiger partial charge in [-0.05, 0) is 73.7 Å². The Balaban J connectivity index is 0.000000152. The van der Waals surface area contributed by atoms with Gasteiger partial charge in [0.2, 0.25) is 0 Å². The first-order chi connectivity index (χ1) is 12.7. The molecule has 1 aliphatic heterocycles. The molecule has 4 rings (SSSR count). The second-order valence-electron chi connectivity index (χ2n) is 7.56. The molecular formula is C23H31NO2. The van der Waals surface area contributed by atoms with E-state index in [4.69, 9.17) is 4.74 Å². The zero-order chi connectivity index (χ0) is 18.4. The van der Waals surface area contributed by atoms with Gasteiger partial charge < -0.3 is 9.64 Å². The number of benzene rings is 2. The van der Waals surface area contributed by atoms with E-state index in [2.05, 4.69) is 11.8 Å². The Labute approximate surface area is 157 Å². The van der Waals surface area contributed by atoms with E-state index in [0.717, 1.165) is 34.8 Å². The van der Waals surface area contributed by atoms with Crippen LogP contribution in [0.2, 0.25) is 0 Å². The smallest absolute Gasteiger partial charge is 0.150 e. The van der Waals surface area contributed by atoms with Crippen LogP contribution < -0.4 is 4.74 Å². The lowest BCUT2D eigenvalue weighted by atomic mass is 9.87. The summed E-state index contributed by atoms with van der Waals surface area (Å²) in [6.07, 6.45) is 9.63. The van der Waals surface area contributed by atoms with Crippen molar-refractivity contribution in [2.75, 3.05) is 20.2 Å². The Kier molecular flexibility index (Phi) is 6.67. The fourth-order valence-corrected chi connectivity index (χ4v) is 3.92. The molecule has 2 aliphatic rings. The zero-order valence-electron chi connectivity index (χ0n) is 16.1. The predicted octanol–water partition coefficient (Wildman–Crippen LogP) is 5.32. The SMILES string of the molecule is CCC1CCN(C2CCC2)CC1.COc1ccc2cc(C=O)ccc2c1. The Hall–Kier alpha value is -1.87. The van der Waals surface area contributed by atoms with Gasteiger partial charge >= 0.3 is 0 Å². The molecule has 0 unspecified atom stereocenters. The van der Waals surface area contributed by atoms with Gasteiger partial charge in [-0.3, -0.25) is 4.79 Å². The third kappa shape index (κ3) is 4.64. The summed E-state index contributed by atoms with van der Waals surface area (Å²) in [4.78, 5) is 13.3. The third-order valence-electron chi connectivity index (χ3n) is 6.03. The number of hydrogen-bond donors (Lipinski definition) is 0. The lowest BCUT2D eigenvalue weighted by molar-refractivity contribution is 0.0838. The number of hydrogen-bond acceptors (Lipinski definition) is 3. The van der Waals surface area contributed by atoms with Gasteiger partial charge in [-0.25, -0.2) is 0 Å². The first kappa shape index (κ1) is 18.9. The van der Waals surface area contributed by atoms with E-state index in [1.54, 1.807) is 13.2 Å². The molecule has 3 nitrogen and oxygen atoms in total. The number of carbonyl (C=O) groups is 1. The Morgan fingerprint density at radius 1 is 1.04 bits per heavy atom. The number of piperidine rings is 1. The van der Waals surface area contributed by atoms with Crippen LogP contribution in [0.25, 0.3) is 10.8 Å². The number of rotatable bonds is 4. The predicted molar refractivity (Wildman–Crippen MR) is 108 cm³/mol. The summed E-state index contributed by atoms with van der Waals surface area (Å²) in [5.74, 6) is 1.87. The number of nitrogens with zero attached hydrogens (tertiary/aromatic N) is 1. The van der Waals surface area contributed by atoms with Gasteiger partial charge in [0, 0.05) is 11.6 Å². The van der Waals surface area contributed by atoms with Crippen molar-refractivity contribution in [3.8, 4) is 5.75 Å². The van der Waals surface area contributed by atoms with Crippen LogP contribution in [0.1, 0.15) is 55.8 Å². The normalized spacial score (nSPS) is 18.7. The number of aldehydes is 1. The average Bonchev–Trinajstić information content (AvgIpc) is 2.67. The number of likely N-dealkylation sites (tertiary alicyclic amines) is 1. The second-order valence-corrected chi connectivity index (χ2v) is 7.56. The molecule has 3 heteroatoms. The topological polar surface area (TPSA) is 29.5 Å². The highest BCUT2D eigenvalue weighted by molar-refractivity contribution is 5.89. The first-order valence-corrected chi connectivity index (χ1v) is 10.0. The summed E-state index contributed by atoms with van der Waals surface area (Å²) in [5, 5.41) is 2.13. The van der Waals surface area contributed by atoms with Crippen LogP contribution in [0.5, 0.6) is 5.75 Å². The minimum absolute atomic E-state index is 0.697. The summed E-state index contributed by atoms with van der Waals surface area (Å²) in [5.41, 5.74) is 0.697. The van der Waals surface area contributed by atoms with Gasteiger partial charge in [-0.2, -0.15) is 0 Å². The molecule has 0 radical (unpaired) electrons. The lowest BCUT2D eigenvalue weighted by Crippen LogP contribution is -2.44. The van der Waals surface area contributed by atoms with E-state index >= 15 is 0 Å². The van der Waals surface area contributed by atoms with Crippen molar-refractivity contribution in [1.82, 2.24) is 4.90 Å². The van der Waals surface area contributed by atoms with Crippen LogP contribution in [-0.2, 0) is 0 Å². The van der Waals surface area contributed by atoms with E-state index in [9.17, 15) is 4.79 Å². The van der Waals surface area contributed by atoms with Crippen molar-refractivity contribution in [2.45, 2.75) is 51.5 Å². The van der Waals surface area contributed by atoms with E-state index in [1.807, 2.05) is 30.3 Å². The van der Waals surface area contributed by atoms with Crippen LogP contribution in [0.4, 0.5) is 0 Å². The molecule has 1 aliphatic carbocycles. The van der Waals surface area contributed by atoms with Crippen LogP contribution in [-0.4, -0.2) is 37.4 Å². The van der Waals surface area contributed by atoms with E-state index < -0.39 is 0 Å². The fourth-order valence-electron chi connectivity index (χ4n) is 3.92. The summed E-state index contributed by atoms with van der Waals surface area (Å²) in [6, 6.07) is 12.3. The molecule has 0 aromatic heterocycles. The number of methoxy groups -OCH3 is 1. The van der Waals surface area contributed by atoms with E-state index in [-0.39, 0.29) is 0 Å². The fraction of sp³-hybridized carbons (Fsp3) is 0.522. The molecule has 2 aromatic carbocycles. The summed E-state index contributed by atoms with van der Waals surface area (Å²) >= 11 is 0. The molecule has 0 atom stereocenters.